The van der Waals surface area contributed by atoms with Crippen LogP contribution < -0.4 is 21.9 Å². The molecule has 1 amide bonds. The van der Waals surface area contributed by atoms with Gasteiger partial charge in [0, 0.05) is 6.04 Å². The molecule has 9 heteroatoms. The van der Waals surface area contributed by atoms with Crippen molar-refractivity contribution in [3.63, 3.8) is 0 Å². The Kier molecular flexibility index (Phi) is 3.11. The lowest BCUT2D eigenvalue weighted by Gasteiger charge is -2.15. The molecule has 3 rings (SSSR count). The Morgan fingerprint density at radius 2 is 2.30 bits per heavy atom. The number of nitrogen functional groups attached to an aromatic ring is 1. The number of nitrogens with one attached hydrogen (secondary N) is 4. The number of H-pyrrole nitrogens is 1. The van der Waals surface area contributed by atoms with Crippen molar-refractivity contribution in [3.05, 3.63) is 6.20 Å². The van der Waals surface area contributed by atoms with E-state index in [1.165, 1.54) is 0 Å². The summed E-state index contributed by atoms with van der Waals surface area (Å²) >= 11 is 0. The van der Waals surface area contributed by atoms with Crippen molar-refractivity contribution in [1.29, 1.82) is 0 Å². The van der Waals surface area contributed by atoms with Crippen LogP contribution in [0.4, 0.5) is 11.8 Å². The van der Waals surface area contributed by atoms with E-state index in [9.17, 15) is 4.79 Å². The molecule has 0 saturated heterocycles. The van der Waals surface area contributed by atoms with Crippen LogP contribution in [0.5, 0.6) is 0 Å². The monoisotopic (exact) mass is 276 g/mol. The van der Waals surface area contributed by atoms with E-state index in [1.54, 1.807) is 13.1 Å². The predicted molar refractivity (Wildman–Crippen MR) is 73.7 cm³/mol. The molecule has 106 valence electrons. The van der Waals surface area contributed by atoms with Gasteiger partial charge in [-0.05, 0) is 19.8 Å². The highest BCUT2D eigenvalue weighted by Gasteiger charge is 2.26. The van der Waals surface area contributed by atoms with Gasteiger partial charge in [-0.25, -0.2) is 5.84 Å². The first-order valence-corrected chi connectivity index (χ1v) is 6.42. The summed E-state index contributed by atoms with van der Waals surface area (Å²) < 4.78 is 0. The highest BCUT2D eigenvalue weighted by Crippen LogP contribution is 2.21. The normalized spacial score (nSPS) is 15.9. The Labute approximate surface area is 114 Å². The van der Waals surface area contributed by atoms with Crippen LogP contribution in [0.3, 0.4) is 0 Å². The van der Waals surface area contributed by atoms with Crippen molar-refractivity contribution >= 4 is 28.7 Å². The zero-order valence-corrected chi connectivity index (χ0v) is 11.0. The molecule has 2 heterocycles. The van der Waals surface area contributed by atoms with Gasteiger partial charge in [-0.1, -0.05) is 0 Å². The Hall–Kier alpha value is -2.42. The standard InChI is InChI=1S/C11H16N8O/c1-5(10(20)15-6-2-3-6)14-8-7-4-13-19-9(7)17-11(16-8)18-12/h4-6H,2-3,12H2,1H3,(H,15,20)(H3,13,14,16,17,18,19). The smallest absolute Gasteiger partial charge is 0.242 e. The molecular formula is C11H16N8O. The average molecular weight is 276 g/mol. The number of nitrogens with zero attached hydrogens (tertiary/aromatic N) is 3. The summed E-state index contributed by atoms with van der Waals surface area (Å²) in [6.07, 6.45) is 3.71. The van der Waals surface area contributed by atoms with Crippen LogP contribution in [0.25, 0.3) is 11.0 Å². The molecule has 20 heavy (non-hydrogen) atoms. The molecule has 0 radical (unpaired) electrons. The maximum absolute atomic E-state index is 11.9. The number of aromatic amines is 1. The van der Waals surface area contributed by atoms with Gasteiger partial charge in [0.05, 0.1) is 11.6 Å². The van der Waals surface area contributed by atoms with E-state index in [0.717, 1.165) is 12.8 Å². The zero-order valence-electron chi connectivity index (χ0n) is 11.0. The van der Waals surface area contributed by atoms with E-state index in [-0.39, 0.29) is 11.9 Å². The zero-order chi connectivity index (χ0) is 14.1. The van der Waals surface area contributed by atoms with E-state index < -0.39 is 6.04 Å². The summed E-state index contributed by atoms with van der Waals surface area (Å²) in [5.74, 6) is 6.03. The lowest BCUT2D eigenvalue weighted by Crippen LogP contribution is -2.38. The van der Waals surface area contributed by atoms with Crippen LogP contribution in [-0.4, -0.2) is 38.2 Å². The SMILES string of the molecule is CC(Nc1nc(NN)nc2[nH]ncc12)C(=O)NC1CC1. The van der Waals surface area contributed by atoms with Gasteiger partial charge in [-0.3, -0.25) is 15.3 Å². The second-order valence-corrected chi connectivity index (χ2v) is 4.82. The molecule has 1 saturated carbocycles. The van der Waals surface area contributed by atoms with Crippen LogP contribution in [-0.2, 0) is 4.79 Å². The number of hydrogen-bond donors (Lipinski definition) is 5. The summed E-state index contributed by atoms with van der Waals surface area (Å²) in [4.78, 5) is 20.3. The highest BCUT2D eigenvalue weighted by molar-refractivity contribution is 5.91. The molecule has 0 aliphatic heterocycles. The average Bonchev–Trinajstić information content (AvgIpc) is 3.12. The minimum atomic E-state index is -0.408. The quantitative estimate of drug-likeness (QED) is 0.374. The van der Waals surface area contributed by atoms with Gasteiger partial charge >= 0.3 is 0 Å². The van der Waals surface area contributed by atoms with Crippen molar-refractivity contribution in [2.75, 3.05) is 10.7 Å². The Morgan fingerprint density at radius 1 is 1.50 bits per heavy atom. The summed E-state index contributed by atoms with van der Waals surface area (Å²) in [6, 6.07) is -0.0819. The number of hydrogen-bond acceptors (Lipinski definition) is 7. The molecule has 1 aliphatic carbocycles. The fourth-order valence-corrected chi connectivity index (χ4v) is 1.83. The maximum atomic E-state index is 11.9. The molecule has 1 unspecified atom stereocenters. The van der Waals surface area contributed by atoms with Gasteiger partial charge in [0.15, 0.2) is 5.65 Å². The number of amides is 1. The molecule has 2 aromatic heterocycles. The third kappa shape index (κ3) is 2.48. The number of nitrogens with two attached hydrogens (primary N) is 1. The Balaban J connectivity index is 1.81. The van der Waals surface area contributed by atoms with Gasteiger partial charge in [-0.2, -0.15) is 15.1 Å². The Bertz CT molecular complexity index is 634. The molecule has 0 aromatic carbocycles. The van der Waals surface area contributed by atoms with Crippen LogP contribution in [0, 0.1) is 0 Å². The second kappa shape index (κ2) is 4.93. The van der Waals surface area contributed by atoms with Gasteiger partial charge < -0.3 is 10.6 Å². The lowest BCUT2D eigenvalue weighted by molar-refractivity contribution is -0.121. The number of carbonyl (C=O) groups is 1. The van der Waals surface area contributed by atoms with Crippen LogP contribution >= 0.6 is 0 Å². The summed E-state index contributed by atoms with van der Waals surface area (Å²) in [5, 5.41) is 13.4. The maximum Gasteiger partial charge on any atom is 0.242 e. The van der Waals surface area contributed by atoms with Gasteiger partial charge in [-0.15, -0.1) is 0 Å². The number of hydrazine groups is 1. The predicted octanol–water partition coefficient (Wildman–Crippen LogP) is -0.283. The van der Waals surface area contributed by atoms with E-state index in [1.807, 2.05) is 0 Å². The van der Waals surface area contributed by atoms with Gasteiger partial charge in [0.2, 0.25) is 11.9 Å². The third-order valence-corrected chi connectivity index (χ3v) is 3.11. The van der Waals surface area contributed by atoms with E-state index in [0.29, 0.717) is 22.9 Å². The molecule has 0 spiro atoms. The molecule has 6 N–H and O–H groups in total. The molecule has 1 atom stereocenters. The number of rotatable bonds is 5. The number of anilines is 2. The fourth-order valence-electron chi connectivity index (χ4n) is 1.83. The van der Waals surface area contributed by atoms with Crippen LogP contribution in [0.2, 0.25) is 0 Å². The summed E-state index contributed by atoms with van der Waals surface area (Å²) in [5.41, 5.74) is 2.93. The second-order valence-electron chi connectivity index (χ2n) is 4.82. The topological polar surface area (TPSA) is 134 Å². The van der Waals surface area contributed by atoms with Crippen molar-refractivity contribution < 1.29 is 4.79 Å². The molecular weight excluding hydrogens is 260 g/mol. The Morgan fingerprint density at radius 3 is 3.00 bits per heavy atom. The van der Waals surface area contributed by atoms with Crippen molar-refractivity contribution in [2.45, 2.75) is 31.8 Å². The first-order valence-electron chi connectivity index (χ1n) is 6.42. The molecule has 1 fully saturated rings. The largest absolute Gasteiger partial charge is 0.358 e. The first-order chi connectivity index (χ1) is 9.67. The number of fused-ring (bicyclic) bond motifs is 1. The first kappa shape index (κ1) is 12.6. The van der Waals surface area contributed by atoms with E-state index >= 15 is 0 Å². The van der Waals surface area contributed by atoms with Crippen molar-refractivity contribution in [1.82, 2.24) is 25.5 Å². The van der Waals surface area contributed by atoms with Gasteiger partial charge in [0.25, 0.3) is 0 Å². The minimum absolute atomic E-state index is 0.0509. The number of carbonyl (C=O) groups excluding carboxylic acids is 1. The van der Waals surface area contributed by atoms with Crippen LogP contribution in [0.15, 0.2) is 6.20 Å². The molecule has 0 bridgehead atoms. The molecule has 9 nitrogen and oxygen atoms in total. The molecule has 1 aliphatic rings. The van der Waals surface area contributed by atoms with Crippen LogP contribution in [0.1, 0.15) is 19.8 Å². The van der Waals surface area contributed by atoms with Gasteiger partial charge in [0.1, 0.15) is 11.9 Å². The van der Waals surface area contributed by atoms with E-state index in [4.69, 9.17) is 5.84 Å². The highest BCUT2D eigenvalue weighted by atomic mass is 16.2. The lowest BCUT2D eigenvalue weighted by atomic mass is 10.3. The van der Waals surface area contributed by atoms with E-state index in [2.05, 4.69) is 36.2 Å². The fraction of sp³-hybridized carbons (Fsp3) is 0.455. The van der Waals surface area contributed by atoms with Crippen molar-refractivity contribution in [2.24, 2.45) is 5.84 Å². The number of aromatic nitrogens is 4. The minimum Gasteiger partial charge on any atom is -0.358 e. The molecule has 2 aromatic rings. The third-order valence-electron chi connectivity index (χ3n) is 3.11. The summed E-state index contributed by atoms with van der Waals surface area (Å²) in [7, 11) is 0. The summed E-state index contributed by atoms with van der Waals surface area (Å²) in [6.45, 7) is 1.78. The van der Waals surface area contributed by atoms with Crippen molar-refractivity contribution in [3.8, 4) is 0 Å².